The van der Waals surface area contributed by atoms with E-state index in [4.69, 9.17) is 0 Å². The molecule has 0 saturated carbocycles. The summed E-state index contributed by atoms with van der Waals surface area (Å²) in [5.74, 6) is -2.47. The van der Waals surface area contributed by atoms with E-state index in [0.29, 0.717) is 6.42 Å². The summed E-state index contributed by atoms with van der Waals surface area (Å²) >= 11 is 0. The Balaban J connectivity index is 3.82. The third kappa shape index (κ3) is 7.30. The van der Waals surface area contributed by atoms with Gasteiger partial charge < -0.3 is 4.74 Å². The molecule has 13 heavy (non-hydrogen) atoms. The highest BCUT2D eigenvalue weighted by atomic mass is 19.4. The van der Waals surface area contributed by atoms with Gasteiger partial charge in [0, 0.05) is 6.42 Å². The Hall–Kier alpha value is -1.07. The lowest BCUT2D eigenvalue weighted by atomic mass is 10.3. The second kappa shape index (κ2) is 4.84. The van der Waals surface area contributed by atoms with E-state index in [2.05, 4.69) is 4.74 Å². The first-order valence-electron chi connectivity index (χ1n) is 3.65. The number of carbonyl (C=O) groups is 2. The van der Waals surface area contributed by atoms with E-state index in [1.165, 1.54) is 0 Å². The molecule has 0 unspecified atom stereocenters. The monoisotopic (exact) mass is 198 g/mol. The Kier molecular flexibility index (Phi) is 4.44. The predicted octanol–water partition coefficient (Wildman–Crippen LogP) is 1.81. The third-order valence-corrected chi connectivity index (χ3v) is 1.03. The number of hydrogen-bond donors (Lipinski definition) is 0. The molecule has 0 aromatic rings. The van der Waals surface area contributed by atoms with Crippen molar-refractivity contribution in [3.63, 3.8) is 0 Å². The largest absolute Gasteiger partial charge is 0.399 e. The molecule has 0 bridgehead atoms. The van der Waals surface area contributed by atoms with Crippen molar-refractivity contribution >= 4 is 11.9 Å². The number of alkyl halides is 3. The minimum Gasteiger partial charge on any atom is -0.393 e. The summed E-state index contributed by atoms with van der Waals surface area (Å²) in [6.45, 7) is 1.65. The van der Waals surface area contributed by atoms with E-state index in [9.17, 15) is 22.8 Å². The van der Waals surface area contributed by atoms with E-state index < -0.39 is 24.5 Å². The summed E-state index contributed by atoms with van der Waals surface area (Å²) in [5, 5.41) is 0. The summed E-state index contributed by atoms with van der Waals surface area (Å²) in [7, 11) is 0. The van der Waals surface area contributed by atoms with Crippen LogP contribution < -0.4 is 0 Å². The molecular formula is C7H9F3O3. The average Bonchev–Trinajstić information content (AvgIpc) is 1.81. The molecule has 0 atom stereocenters. The fourth-order valence-electron chi connectivity index (χ4n) is 0.582. The lowest BCUT2D eigenvalue weighted by Crippen LogP contribution is -2.19. The van der Waals surface area contributed by atoms with Crippen molar-refractivity contribution < 1.29 is 27.5 Å². The van der Waals surface area contributed by atoms with Gasteiger partial charge in [-0.05, 0) is 6.42 Å². The Bertz CT molecular complexity index is 198. The maximum absolute atomic E-state index is 11.5. The molecule has 0 rings (SSSR count). The molecule has 0 fully saturated rings. The third-order valence-electron chi connectivity index (χ3n) is 1.03. The first-order valence-corrected chi connectivity index (χ1v) is 3.65. The highest BCUT2D eigenvalue weighted by Gasteiger charge is 2.32. The first kappa shape index (κ1) is 11.9. The van der Waals surface area contributed by atoms with Crippen molar-refractivity contribution in [1.82, 2.24) is 0 Å². The van der Waals surface area contributed by atoms with E-state index in [1.807, 2.05) is 0 Å². The van der Waals surface area contributed by atoms with Gasteiger partial charge in [-0.3, -0.25) is 9.59 Å². The zero-order valence-electron chi connectivity index (χ0n) is 6.98. The highest BCUT2D eigenvalue weighted by Crippen LogP contribution is 2.19. The van der Waals surface area contributed by atoms with Crippen LogP contribution in [-0.2, 0) is 14.3 Å². The highest BCUT2D eigenvalue weighted by molar-refractivity contribution is 5.85. The fourth-order valence-corrected chi connectivity index (χ4v) is 0.582. The molecule has 76 valence electrons. The van der Waals surface area contributed by atoms with Crippen LogP contribution >= 0.6 is 0 Å². The van der Waals surface area contributed by atoms with Crippen molar-refractivity contribution in [3.8, 4) is 0 Å². The van der Waals surface area contributed by atoms with Gasteiger partial charge in [0.1, 0.15) is 6.42 Å². The molecule has 0 radical (unpaired) electrons. The molecule has 0 aliphatic rings. The van der Waals surface area contributed by atoms with Crippen LogP contribution in [0.4, 0.5) is 13.2 Å². The summed E-state index contributed by atoms with van der Waals surface area (Å²) in [4.78, 5) is 20.9. The molecule has 0 aromatic carbocycles. The van der Waals surface area contributed by atoms with Crippen molar-refractivity contribution in [2.45, 2.75) is 32.4 Å². The number of esters is 2. The Morgan fingerprint density at radius 3 is 2.15 bits per heavy atom. The van der Waals surface area contributed by atoms with Gasteiger partial charge in [0.25, 0.3) is 0 Å². The van der Waals surface area contributed by atoms with Crippen LogP contribution in [0, 0.1) is 0 Å². The zero-order chi connectivity index (χ0) is 10.5. The van der Waals surface area contributed by atoms with Crippen molar-refractivity contribution in [2.75, 3.05) is 0 Å². The van der Waals surface area contributed by atoms with E-state index >= 15 is 0 Å². The molecule has 3 nitrogen and oxygen atoms in total. The van der Waals surface area contributed by atoms with Gasteiger partial charge in [-0.2, -0.15) is 13.2 Å². The fraction of sp³-hybridized carbons (Fsp3) is 0.714. The van der Waals surface area contributed by atoms with Gasteiger partial charge in [-0.1, -0.05) is 6.92 Å². The van der Waals surface area contributed by atoms with Crippen LogP contribution in [-0.4, -0.2) is 18.1 Å². The zero-order valence-corrected chi connectivity index (χ0v) is 6.98. The molecule has 6 heteroatoms. The summed E-state index contributed by atoms with van der Waals surface area (Å²) in [6, 6.07) is 0. The van der Waals surface area contributed by atoms with Crippen LogP contribution in [0.2, 0.25) is 0 Å². The second-order valence-electron chi connectivity index (χ2n) is 2.39. The van der Waals surface area contributed by atoms with Gasteiger partial charge in [0.15, 0.2) is 0 Å². The smallest absolute Gasteiger partial charge is 0.393 e. The Morgan fingerprint density at radius 2 is 1.77 bits per heavy atom. The number of halogens is 3. The van der Waals surface area contributed by atoms with Gasteiger partial charge in [0.2, 0.25) is 0 Å². The molecule has 0 N–H and O–H groups in total. The standard InChI is InChI=1S/C7H9F3O3/c1-2-3-5(11)13-6(12)4-7(8,9)10/h2-4H2,1H3. The van der Waals surface area contributed by atoms with E-state index in [-0.39, 0.29) is 6.42 Å². The second-order valence-corrected chi connectivity index (χ2v) is 2.39. The van der Waals surface area contributed by atoms with Crippen LogP contribution in [0.5, 0.6) is 0 Å². The molecule has 0 aliphatic heterocycles. The van der Waals surface area contributed by atoms with Crippen LogP contribution in [0.25, 0.3) is 0 Å². The summed E-state index contributed by atoms with van der Waals surface area (Å²) in [6.07, 6.45) is -5.96. The molecule has 0 aliphatic carbocycles. The first-order chi connectivity index (χ1) is 5.85. The molecule has 0 heterocycles. The Morgan fingerprint density at radius 1 is 1.23 bits per heavy atom. The van der Waals surface area contributed by atoms with Gasteiger partial charge >= 0.3 is 18.1 Å². The number of carbonyl (C=O) groups excluding carboxylic acids is 2. The van der Waals surface area contributed by atoms with E-state index in [1.54, 1.807) is 6.92 Å². The number of ether oxygens (including phenoxy) is 1. The van der Waals surface area contributed by atoms with Crippen LogP contribution in [0.15, 0.2) is 0 Å². The number of hydrogen-bond acceptors (Lipinski definition) is 3. The van der Waals surface area contributed by atoms with Crippen LogP contribution in [0.3, 0.4) is 0 Å². The van der Waals surface area contributed by atoms with Crippen molar-refractivity contribution in [2.24, 2.45) is 0 Å². The molecule has 0 spiro atoms. The average molecular weight is 198 g/mol. The number of rotatable bonds is 3. The predicted molar refractivity (Wildman–Crippen MR) is 36.7 cm³/mol. The molecule has 0 aromatic heterocycles. The van der Waals surface area contributed by atoms with E-state index in [0.717, 1.165) is 0 Å². The van der Waals surface area contributed by atoms with Crippen molar-refractivity contribution in [1.29, 1.82) is 0 Å². The van der Waals surface area contributed by atoms with Crippen LogP contribution in [0.1, 0.15) is 26.2 Å². The maximum Gasteiger partial charge on any atom is 0.399 e. The summed E-state index contributed by atoms with van der Waals surface area (Å²) in [5.41, 5.74) is 0. The van der Waals surface area contributed by atoms with Gasteiger partial charge in [-0.15, -0.1) is 0 Å². The minimum atomic E-state index is -4.62. The SMILES string of the molecule is CCCC(=O)OC(=O)CC(F)(F)F. The minimum absolute atomic E-state index is 0.0520. The lowest BCUT2D eigenvalue weighted by Gasteiger charge is -2.04. The molecule has 0 saturated heterocycles. The molecule has 0 amide bonds. The topological polar surface area (TPSA) is 43.4 Å². The summed E-state index contributed by atoms with van der Waals surface area (Å²) < 4.78 is 38.5. The van der Waals surface area contributed by atoms with Crippen molar-refractivity contribution in [3.05, 3.63) is 0 Å². The normalized spacial score (nSPS) is 11.1. The quantitative estimate of drug-likeness (QED) is 0.513. The van der Waals surface area contributed by atoms with Gasteiger partial charge in [0.05, 0.1) is 0 Å². The molecular weight excluding hydrogens is 189 g/mol. The Labute approximate surface area is 72.9 Å². The maximum atomic E-state index is 11.5. The lowest BCUT2D eigenvalue weighted by molar-refractivity contribution is -0.176. The van der Waals surface area contributed by atoms with Gasteiger partial charge in [-0.25, -0.2) is 0 Å².